The molecule has 0 saturated carbocycles. The number of benzene rings is 1. The van der Waals surface area contributed by atoms with E-state index in [1.54, 1.807) is 18.2 Å². The first-order valence-electron chi connectivity index (χ1n) is 7.70. The number of piperidine rings is 1. The predicted octanol–water partition coefficient (Wildman–Crippen LogP) is 3.91. The molecule has 23 heavy (non-hydrogen) atoms. The Morgan fingerprint density at radius 3 is 2.87 bits per heavy atom. The number of nitrogens with zero attached hydrogens (tertiary/aromatic N) is 1. The Labute approximate surface area is 153 Å². The van der Waals surface area contributed by atoms with Gasteiger partial charge in [-0.1, -0.05) is 29.3 Å². The molecule has 1 aromatic carbocycles. The molecule has 2 rings (SSSR count). The van der Waals surface area contributed by atoms with E-state index in [-0.39, 0.29) is 24.4 Å². The van der Waals surface area contributed by atoms with Crippen LogP contribution in [0.4, 0.5) is 0 Å². The van der Waals surface area contributed by atoms with Gasteiger partial charge in [0.25, 0.3) is 0 Å². The number of likely N-dealkylation sites (tertiary alicyclic amines) is 1. The minimum atomic E-state index is 0. The average Bonchev–Trinajstić information content (AvgIpc) is 2.55. The minimum Gasteiger partial charge on any atom is -0.492 e. The van der Waals surface area contributed by atoms with Crippen LogP contribution in [0.15, 0.2) is 18.2 Å². The monoisotopic (exact) mass is 380 g/mol. The van der Waals surface area contributed by atoms with Gasteiger partial charge in [0.2, 0.25) is 5.91 Å². The number of carbonyl (C=O) groups is 1. The Kier molecular flexibility index (Phi) is 9.07. The van der Waals surface area contributed by atoms with Gasteiger partial charge in [-0.3, -0.25) is 4.79 Å². The number of amides is 1. The van der Waals surface area contributed by atoms with Gasteiger partial charge in [-0.05, 0) is 37.8 Å². The molecular weight excluding hydrogens is 359 g/mol. The highest BCUT2D eigenvalue weighted by molar-refractivity contribution is 6.42. The molecule has 0 bridgehead atoms. The van der Waals surface area contributed by atoms with Crippen molar-refractivity contribution < 1.29 is 9.53 Å². The second kappa shape index (κ2) is 10.2. The third-order valence-electron chi connectivity index (χ3n) is 3.93. The molecule has 1 heterocycles. The molecule has 0 aromatic heterocycles. The Morgan fingerprint density at radius 1 is 1.35 bits per heavy atom. The predicted molar refractivity (Wildman–Crippen MR) is 96.8 cm³/mol. The summed E-state index contributed by atoms with van der Waals surface area (Å²) in [5.74, 6) is 0.718. The van der Waals surface area contributed by atoms with Crippen LogP contribution in [-0.2, 0) is 4.79 Å². The average molecular weight is 382 g/mol. The molecule has 1 unspecified atom stereocenters. The smallest absolute Gasteiger partial charge is 0.222 e. The van der Waals surface area contributed by atoms with Crippen molar-refractivity contribution in [3.8, 4) is 5.75 Å². The molecule has 1 amide bonds. The summed E-state index contributed by atoms with van der Waals surface area (Å²) in [5, 5.41) is 0.879. The zero-order valence-electron chi connectivity index (χ0n) is 13.0. The first kappa shape index (κ1) is 20.4. The lowest BCUT2D eigenvalue weighted by Gasteiger charge is -2.35. The van der Waals surface area contributed by atoms with Crippen LogP contribution >= 0.6 is 35.6 Å². The molecule has 1 aliphatic heterocycles. The van der Waals surface area contributed by atoms with E-state index in [2.05, 4.69) is 0 Å². The van der Waals surface area contributed by atoms with E-state index < -0.39 is 0 Å². The summed E-state index contributed by atoms with van der Waals surface area (Å²) < 4.78 is 5.60. The third-order valence-corrected chi connectivity index (χ3v) is 4.73. The van der Waals surface area contributed by atoms with E-state index in [9.17, 15) is 4.79 Å². The van der Waals surface area contributed by atoms with E-state index in [0.717, 1.165) is 25.8 Å². The van der Waals surface area contributed by atoms with Crippen LogP contribution in [0.5, 0.6) is 5.75 Å². The summed E-state index contributed by atoms with van der Waals surface area (Å²) in [5.41, 5.74) is 5.75. The number of carbonyl (C=O) groups excluding carboxylic acids is 1. The van der Waals surface area contributed by atoms with Crippen LogP contribution in [0.2, 0.25) is 10.0 Å². The van der Waals surface area contributed by atoms with Crippen molar-refractivity contribution in [3.63, 3.8) is 0 Å². The second-order valence-corrected chi connectivity index (χ2v) is 6.26. The van der Waals surface area contributed by atoms with E-state index in [1.165, 1.54) is 0 Å². The fourth-order valence-electron chi connectivity index (χ4n) is 2.72. The molecule has 130 valence electrons. The zero-order chi connectivity index (χ0) is 15.9. The molecule has 1 aliphatic rings. The van der Waals surface area contributed by atoms with Crippen LogP contribution in [0.1, 0.15) is 32.1 Å². The fraction of sp³-hybridized carbons (Fsp3) is 0.562. The summed E-state index contributed by atoms with van der Waals surface area (Å²) >= 11 is 12.0. The zero-order valence-corrected chi connectivity index (χ0v) is 15.3. The molecule has 0 aliphatic carbocycles. The maximum atomic E-state index is 12.3. The van der Waals surface area contributed by atoms with Gasteiger partial charge in [0.05, 0.1) is 11.6 Å². The lowest BCUT2D eigenvalue weighted by atomic mass is 10.0. The van der Waals surface area contributed by atoms with Crippen molar-refractivity contribution in [3.05, 3.63) is 28.2 Å². The number of rotatable bonds is 6. The quantitative estimate of drug-likeness (QED) is 0.760. The van der Waals surface area contributed by atoms with Gasteiger partial charge in [0.1, 0.15) is 10.8 Å². The molecular formula is C16H23Cl3N2O2. The van der Waals surface area contributed by atoms with Crippen molar-refractivity contribution in [2.75, 3.05) is 19.7 Å². The number of hydrogen-bond acceptors (Lipinski definition) is 3. The molecule has 1 aromatic rings. The van der Waals surface area contributed by atoms with Gasteiger partial charge < -0.3 is 15.4 Å². The molecule has 0 radical (unpaired) electrons. The Hall–Kier alpha value is -0.680. The topological polar surface area (TPSA) is 55.6 Å². The molecule has 1 atom stereocenters. The van der Waals surface area contributed by atoms with Gasteiger partial charge in [-0.2, -0.15) is 0 Å². The molecule has 4 nitrogen and oxygen atoms in total. The lowest BCUT2D eigenvalue weighted by Crippen LogP contribution is -2.47. The number of halogens is 3. The van der Waals surface area contributed by atoms with Gasteiger partial charge >= 0.3 is 0 Å². The Bertz CT molecular complexity index is 514. The second-order valence-electron chi connectivity index (χ2n) is 5.48. The van der Waals surface area contributed by atoms with E-state index >= 15 is 0 Å². The van der Waals surface area contributed by atoms with Crippen molar-refractivity contribution >= 4 is 41.5 Å². The Balaban J connectivity index is 0.00000264. The maximum Gasteiger partial charge on any atom is 0.222 e. The van der Waals surface area contributed by atoms with Crippen molar-refractivity contribution in [1.82, 2.24) is 4.90 Å². The SMILES string of the molecule is Cl.NCC1CCCCN1C(=O)CCCOc1cccc(Cl)c1Cl. The van der Waals surface area contributed by atoms with Gasteiger partial charge in [-0.25, -0.2) is 0 Å². The first-order chi connectivity index (χ1) is 10.6. The summed E-state index contributed by atoms with van der Waals surface area (Å²) in [6.07, 6.45) is 4.35. The maximum absolute atomic E-state index is 12.3. The van der Waals surface area contributed by atoms with E-state index in [1.807, 2.05) is 4.90 Å². The highest BCUT2D eigenvalue weighted by Crippen LogP contribution is 2.31. The van der Waals surface area contributed by atoms with Gasteiger partial charge in [0, 0.05) is 25.6 Å². The highest BCUT2D eigenvalue weighted by Gasteiger charge is 2.24. The number of ether oxygens (including phenoxy) is 1. The third kappa shape index (κ3) is 5.71. The summed E-state index contributed by atoms with van der Waals surface area (Å²) in [7, 11) is 0. The highest BCUT2D eigenvalue weighted by atomic mass is 35.5. The van der Waals surface area contributed by atoms with Crippen molar-refractivity contribution in [1.29, 1.82) is 0 Å². The van der Waals surface area contributed by atoms with Crippen molar-refractivity contribution in [2.24, 2.45) is 5.73 Å². The Morgan fingerprint density at radius 2 is 2.13 bits per heavy atom. The van der Waals surface area contributed by atoms with Crippen LogP contribution in [-0.4, -0.2) is 36.5 Å². The number of hydrogen-bond donors (Lipinski definition) is 1. The molecule has 2 N–H and O–H groups in total. The largest absolute Gasteiger partial charge is 0.492 e. The minimum absolute atomic E-state index is 0. The normalized spacial score (nSPS) is 17.5. The molecule has 7 heteroatoms. The fourth-order valence-corrected chi connectivity index (χ4v) is 3.06. The summed E-state index contributed by atoms with van der Waals surface area (Å²) in [4.78, 5) is 14.2. The van der Waals surface area contributed by atoms with Crippen molar-refractivity contribution in [2.45, 2.75) is 38.1 Å². The number of nitrogens with two attached hydrogens (primary N) is 1. The van der Waals surface area contributed by atoms with E-state index in [4.69, 9.17) is 33.7 Å². The van der Waals surface area contributed by atoms with Crippen LogP contribution in [0.25, 0.3) is 0 Å². The molecule has 1 saturated heterocycles. The molecule has 1 fully saturated rings. The van der Waals surface area contributed by atoms with Crippen LogP contribution < -0.4 is 10.5 Å². The van der Waals surface area contributed by atoms with Gasteiger partial charge in [-0.15, -0.1) is 12.4 Å². The van der Waals surface area contributed by atoms with E-state index in [0.29, 0.717) is 41.8 Å². The summed E-state index contributed by atoms with van der Waals surface area (Å²) in [6, 6.07) is 5.47. The van der Waals surface area contributed by atoms with Crippen LogP contribution in [0, 0.1) is 0 Å². The van der Waals surface area contributed by atoms with Gasteiger partial charge in [0.15, 0.2) is 0 Å². The van der Waals surface area contributed by atoms with Crippen LogP contribution in [0.3, 0.4) is 0 Å². The molecule has 0 spiro atoms. The first-order valence-corrected chi connectivity index (χ1v) is 8.45. The summed E-state index contributed by atoms with van der Waals surface area (Å²) in [6.45, 7) is 1.80. The lowest BCUT2D eigenvalue weighted by molar-refractivity contribution is -0.134. The standard InChI is InChI=1S/C16H22Cl2N2O2.ClH/c17-13-6-3-7-14(16(13)18)22-10-4-8-15(21)20-9-2-1-5-12(20)11-19;/h3,6-7,12H,1-2,4-5,8-11,19H2;1H.